The van der Waals surface area contributed by atoms with Crippen molar-refractivity contribution in [1.82, 2.24) is 15.5 Å². The molecule has 1 aromatic heterocycles. The van der Waals surface area contributed by atoms with Crippen LogP contribution < -0.4 is 10.1 Å². The first-order valence-electron chi connectivity index (χ1n) is 9.33. The monoisotopic (exact) mass is 499 g/mol. The van der Waals surface area contributed by atoms with Crippen molar-refractivity contribution in [3.63, 3.8) is 0 Å². The molecule has 1 aliphatic heterocycles. The Morgan fingerprint density at radius 1 is 1.37 bits per heavy atom. The van der Waals surface area contributed by atoms with Gasteiger partial charge in [-0.15, -0.1) is 0 Å². The van der Waals surface area contributed by atoms with E-state index in [1.54, 1.807) is 6.92 Å². The van der Waals surface area contributed by atoms with E-state index in [1.165, 1.54) is 24.9 Å². The zero-order valence-electron chi connectivity index (χ0n) is 16.6. The number of fused-ring (bicyclic) bond motifs is 1. The van der Waals surface area contributed by atoms with Crippen LogP contribution in [0.4, 0.5) is 0 Å². The molecule has 2 aromatic rings. The van der Waals surface area contributed by atoms with Crippen molar-refractivity contribution in [3.8, 4) is 11.5 Å². The number of nitrogens with zero attached hydrogens (tertiary/aromatic N) is 2. The molecule has 0 spiro atoms. The van der Waals surface area contributed by atoms with E-state index in [0.29, 0.717) is 58.3 Å². The number of phenolic OH excluding ortho intramolecular Hbond substituents is 1. The average Bonchev–Trinajstić information content (AvgIpc) is 3.14. The van der Waals surface area contributed by atoms with Crippen LogP contribution in [0.15, 0.2) is 15.1 Å². The Morgan fingerprint density at radius 2 is 2.17 bits per heavy atom. The second kappa shape index (κ2) is 10.2. The van der Waals surface area contributed by atoms with Crippen molar-refractivity contribution in [3.05, 3.63) is 33.4 Å². The molecule has 0 fully saturated rings. The topological polar surface area (TPSA) is 124 Å². The van der Waals surface area contributed by atoms with Crippen LogP contribution in [0.25, 0.3) is 0 Å². The lowest BCUT2D eigenvalue weighted by atomic mass is 10.1. The van der Waals surface area contributed by atoms with Crippen molar-refractivity contribution in [2.45, 2.75) is 38.0 Å². The molecule has 1 aliphatic rings. The zero-order valence-corrected chi connectivity index (χ0v) is 19.0. The van der Waals surface area contributed by atoms with Crippen LogP contribution in [0.1, 0.15) is 52.9 Å². The van der Waals surface area contributed by atoms with E-state index in [4.69, 9.17) is 14.0 Å². The number of nitrogens with one attached hydrogen (secondary N) is 1. The highest BCUT2D eigenvalue weighted by Gasteiger charge is 2.26. The van der Waals surface area contributed by atoms with Crippen molar-refractivity contribution in [2.75, 3.05) is 19.5 Å². The van der Waals surface area contributed by atoms with Gasteiger partial charge in [0.1, 0.15) is 17.5 Å². The zero-order chi connectivity index (χ0) is 21.7. The maximum absolute atomic E-state index is 12.7. The van der Waals surface area contributed by atoms with Gasteiger partial charge < -0.3 is 24.4 Å². The summed E-state index contributed by atoms with van der Waals surface area (Å²) < 4.78 is 16.3. The summed E-state index contributed by atoms with van der Waals surface area (Å²) in [7, 11) is 1.45. The molecule has 9 nitrogen and oxygen atoms in total. The average molecular weight is 500 g/mol. The molecule has 2 heterocycles. The first-order chi connectivity index (χ1) is 14.4. The van der Waals surface area contributed by atoms with Gasteiger partial charge in [0.15, 0.2) is 5.82 Å². The maximum Gasteiger partial charge on any atom is 0.339 e. The van der Waals surface area contributed by atoms with E-state index in [9.17, 15) is 14.7 Å². The minimum Gasteiger partial charge on any atom is -0.507 e. The highest BCUT2D eigenvalue weighted by atomic mass is 79.9. The number of carbonyl (C=O) groups excluding carboxylic acids is 2. The molecule has 1 aromatic carbocycles. The Labute approximate surface area is 186 Å². The van der Waals surface area contributed by atoms with Crippen LogP contribution >= 0.6 is 27.7 Å². The fourth-order valence-corrected chi connectivity index (χ4v) is 4.72. The van der Waals surface area contributed by atoms with Crippen LogP contribution in [-0.4, -0.2) is 46.6 Å². The Hall–Kier alpha value is -2.27. The predicted molar refractivity (Wildman–Crippen MR) is 113 cm³/mol. The van der Waals surface area contributed by atoms with Crippen LogP contribution in [0, 0.1) is 6.92 Å². The normalized spacial score (nSPS) is 18.7. The van der Waals surface area contributed by atoms with Gasteiger partial charge >= 0.3 is 5.97 Å². The molecule has 1 amide bonds. The summed E-state index contributed by atoms with van der Waals surface area (Å²) in [6.45, 7) is 1.87. The number of halogens is 1. The predicted octanol–water partition coefficient (Wildman–Crippen LogP) is 3.29. The van der Waals surface area contributed by atoms with Gasteiger partial charge in [-0.25, -0.2) is 4.79 Å². The summed E-state index contributed by atoms with van der Waals surface area (Å²) in [5, 5.41) is 17.2. The van der Waals surface area contributed by atoms with Gasteiger partial charge in [-0.2, -0.15) is 16.7 Å². The lowest BCUT2D eigenvalue weighted by molar-refractivity contribution is -0.122. The van der Waals surface area contributed by atoms with Gasteiger partial charge in [-0.3, -0.25) is 4.79 Å². The molecule has 0 radical (unpaired) electrons. The Morgan fingerprint density at radius 3 is 2.87 bits per heavy atom. The van der Waals surface area contributed by atoms with Crippen LogP contribution in [0.3, 0.4) is 0 Å². The molecule has 3 rings (SSSR count). The second-order valence-electron chi connectivity index (χ2n) is 6.67. The van der Waals surface area contributed by atoms with Gasteiger partial charge in [0.2, 0.25) is 11.8 Å². The number of carbonyl (C=O) groups is 2. The lowest BCUT2D eigenvalue weighted by Gasteiger charge is -2.18. The molecule has 11 heteroatoms. The van der Waals surface area contributed by atoms with Crippen LogP contribution in [0.2, 0.25) is 0 Å². The lowest BCUT2D eigenvalue weighted by Crippen LogP contribution is -2.30. The molecule has 162 valence electrons. The highest BCUT2D eigenvalue weighted by Crippen LogP contribution is 2.39. The van der Waals surface area contributed by atoms with Gasteiger partial charge in [0.05, 0.1) is 23.8 Å². The summed E-state index contributed by atoms with van der Waals surface area (Å²) in [6, 6.07) is 0.964. The number of cyclic esters (lactones) is 1. The molecular formula is C19H22BrN3O6S. The fourth-order valence-electron chi connectivity index (χ4n) is 2.97. The third-order valence-electron chi connectivity index (χ3n) is 4.48. The Bertz CT molecular complexity index is 935. The third kappa shape index (κ3) is 5.25. The van der Waals surface area contributed by atoms with Gasteiger partial charge in [-0.1, -0.05) is 5.16 Å². The molecule has 0 saturated carbocycles. The smallest absolute Gasteiger partial charge is 0.339 e. The van der Waals surface area contributed by atoms with E-state index in [1.807, 2.05) is 0 Å². The van der Waals surface area contributed by atoms with E-state index in [2.05, 4.69) is 31.4 Å². The molecule has 0 unspecified atom stereocenters. The molecule has 0 aliphatic carbocycles. The summed E-state index contributed by atoms with van der Waals surface area (Å²) >= 11 is 4.80. The number of rotatable bonds is 2. The van der Waals surface area contributed by atoms with Crippen molar-refractivity contribution in [2.24, 2.45) is 0 Å². The Kier molecular flexibility index (Phi) is 7.59. The van der Waals surface area contributed by atoms with Crippen molar-refractivity contribution in [1.29, 1.82) is 0 Å². The Balaban J connectivity index is 1.91. The van der Waals surface area contributed by atoms with Gasteiger partial charge in [0, 0.05) is 29.6 Å². The van der Waals surface area contributed by atoms with E-state index >= 15 is 0 Å². The summed E-state index contributed by atoms with van der Waals surface area (Å²) in [6.07, 6.45) is 1.38. The number of aromatic nitrogens is 2. The maximum atomic E-state index is 12.7. The van der Waals surface area contributed by atoms with E-state index in [0.717, 1.165) is 0 Å². The number of phenols is 1. The van der Waals surface area contributed by atoms with Crippen LogP contribution in [-0.2, 0) is 15.3 Å². The number of thioether (sulfide) groups is 1. The number of esters is 1. The molecule has 30 heavy (non-hydrogen) atoms. The number of aryl methyl sites for hydroxylation is 1. The highest BCUT2D eigenvalue weighted by molar-refractivity contribution is 9.10. The molecule has 0 bridgehead atoms. The number of amides is 1. The van der Waals surface area contributed by atoms with Crippen molar-refractivity contribution < 1.29 is 28.7 Å². The standard InChI is InChI=1S/C19H22BrN3O6S/c1-10-21-18(29-23-10)12-9-30-8-11-13(24)7-14(27-2)17(20)16(11)19(26)28-6-4-3-5-15(25)22-12/h7,12,24H,3-6,8-9H2,1-2H3,(H,22,25)/t12-/m0/s1. The molecule has 0 saturated heterocycles. The van der Waals surface area contributed by atoms with Crippen molar-refractivity contribution >= 4 is 39.6 Å². The number of hydrogen-bond acceptors (Lipinski definition) is 9. The number of hydrogen-bond donors (Lipinski definition) is 2. The van der Waals surface area contributed by atoms with E-state index in [-0.39, 0.29) is 23.8 Å². The third-order valence-corrected chi connectivity index (χ3v) is 6.33. The summed E-state index contributed by atoms with van der Waals surface area (Å²) in [4.78, 5) is 29.3. The number of aromatic hydroxyl groups is 1. The SMILES string of the molecule is COc1cc(O)c2c(c1Br)C(=O)OCCCCC(=O)N[C@H](c1nc(C)no1)CSC2. The largest absolute Gasteiger partial charge is 0.507 e. The fraction of sp³-hybridized carbons (Fsp3) is 0.474. The van der Waals surface area contributed by atoms with Crippen LogP contribution in [0.5, 0.6) is 11.5 Å². The second-order valence-corrected chi connectivity index (χ2v) is 8.50. The molecular weight excluding hydrogens is 478 g/mol. The first kappa shape index (κ1) is 22.4. The number of ether oxygens (including phenoxy) is 2. The van der Waals surface area contributed by atoms with Gasteiger partial charge in [0.25, 0.3) is 0 Å². The first-order valence-corrected chi connectivity index (χ1v) is 11.3. The van der Waals surface area contributed by atoms with Gasteiger partial charge in [-0.05, 0) is 35.7 Å². The quantitative estimate of drug-likeness (QED) is 0.598. The molecule has 2 N–H and O–H groups in total. The molecule has 1 atom stereocenters. The minimum absolute atomic E-state index is 0.0733. The number of methoxy groups -OCH3 is 1. The van der Waals surface area contributed by atoms with E-state index < -0.39 is 12.0 Å². The minimum atomic E-state index is -0.558. The summed E-state index contributed by atoms with van der Waals surface area (Å²) in [5.41, 5.74) is 0.646. The summed E-state index contributed by atoms with van der Waals surface area (Å²) in [5.74, 6) is 1.05. The number of benzene rings is 1.